The Morgan fingerprint density at radius 2 is 2.12 bits per heavy atom. The average molecular weight is 277 g/mol. The summed E-state index contributed by atoms with van der Waals surface area (Å²) in [6.07, 6.45) is 9.06. The summed E-state index contributed by atoms with van der Waals surface area (Å²) >= 11 is 1.85. The van der Waals surface area contributed by atoms with Crippen molar-refractivity contribution in [2.45, 2.75) is 30.7 Å². The molecule has 0 unspecified atom stereocenters. The van der Waals surface area contributed by atoms with Crippen LogP contribution in [0, 0.1) is 0 Å². The molecule has 0 aromatic carbocycles. The van der Waals surface area contributed by atoms with Crippen LogP contribution in [-0.2, 0) is 10.0 Å². The molecule has 0 fully saturated rings. The number of aromatic nitrogens is 2. The van der Waals surface area contributed by atoms with E-state index in [4.69, 9.17) is 0 Å². The molecule has 1 rings (SSSR count). The van der Waals surface area contributed by atoms with E-state index in [0.29, 0.717) is 6.54 Å². The van der Waals surface area contributed by atoms with E-state index < -0.39 is 10.0 Å². The fraction of sp³-hybridized carbons (Fsp3) is 0.700. The molecule has 5 nitrogen and oxygen atoms in total. The number of imidazole rings is 1. The lowest BCUT2D eigenvalue weighted by molar-refractivity contribution is 0.571. The molecule has 0 saturated carbocycles. The van der Waals surface area contributed by atoms with Crippen LogP contribution in [0.25, 0.3) is 0 Å². The molecule has 0 saturated heterocycles. The van der Waals surface area contributed by atoms with Crippen molar-refractivity contribution < 1.29 is 8.42 Å². The number of nitrogens with zero attached hydrogens (tertiary/aromatic N) is 1. The first-order chi connectivity index (χ1) is 8.17. The molecule has 0 atom stereocenters. The summed E-state index contributed by atoms with van der Waals surface area (Å²) in [5.41, 5.74) is 0. The Morgan fingerprint density at radius 3 is 2.76 bits per heavy atom. The van der Waals surface area contributed by atoms with Gasteiger partial charge in [-0.2, -0.15) is 11.8 Å². The zero-order valence-electron chi connectivity index (χ0n) is 9.98. The molecule has 1 aromatic heterocycles. The second-order valence-corrected chi connectivity index (χ2v) is 6.44. The van der Waals surface area contributed by atoms with Gasteiger partial charge in [0.15, 0.2) is 5.03 Å². The van der Waals surface area contributed by atoms with Crippen molar-refractivity contribution in [3.05, 3.63) is 12.5 Å². The maximum absolute atomic E-state index is 11.6. The fourth-order valence-corrected chi connectivity index (χ4v) is 2.87. The summed E-state index contributed by atoms with van der Waals surface area (Å²) in [6, 6.07) is 0. The number of H-pyrrole nitrogens is 1. The first-order valence-electron chi connectivity index (χ1n) is 5.64. The van der Waals surface area contributed by atoms with E-state index in [1.165, 1.54) is 24.7 Å². The summed E-state index contributed by atoms with van der Waals surface area (Å²) in [5, 5.41) is 0.125. The lowest BCUT2D eigenvalue weighted by Crippen LogP contribution is -2.25. The minimum atomic E-state index is -3.39. The van der Waals surface area contributed by atoms with Gasteiger partial charge in [-0.25, -0.2) is 18.1 Å². The maximum atomic E-state index is 11.6. The Hall–Kier alpha value is -0.530. The molecule has 0 bridgehead atoms. The van der Waals surface area contributed by atoms with Gasteiger partial charge >= 0.3 is 0 Å². The predicted molar refractivity (Wildman–Crippen MR) is 70.6 cm³/mol. The van der Waals surface area contributed by atoms with Gasteiger partial charge in [0.2, 0.25) is 0 Å². The van der Waals surface area contributed by atoms with Crippen LogP contribution in [0.15, 0.2) is 17.6 Å². The highest BCUT2D eigenvalue weighted by atomic mass is 32.2. The monoisotopic (exact) mass is 277 g/mol. The molecular formula is C10H19N3O2S2. The van der Waals surface area contributed by atoms with Gasteiger partial charge in [0.25, 0.3) is 10.0 Å². The van der Waals surface area contributed by atoms with Crippen LogP contribution >= 0.6 is 11.8 Å². The molecule has 98 valence electrons. The van der Waals surface area contributed by atoms with Crippen molar-refractivity contribution in [2.24, 2.45) is 0 Å². The second-order valence-electron chi connectivity index (χ2n) is 3.72. The highest BCUT2D eigenvalue weighted by Gasteiger charge is 2.13. The number of unbranched alkanes of at least 4 members (excludes halogenated alkanes) is 3. The van der Waals surface area contributed by atoms with E-state index in [9.17, 15) is 8.42 Å². The SMILES string of the molecule is CSCCCCCCNS(=O)(=O)c1cnc[nH]1. The van der Waals surface area contributed by atoms with Gasteiger partial charge in [-0.1, -0.05) is 12.8 Å². The topological polar surface area (TPSA) is 74.8 Å². The van der Waals surface area contributed by atoms with Crippen LogP contribution < -0.4 is 4.72 Å². The molecule has 0 aliphatic heterocycles. The highest BCUT2D eigenvalue weighted by molar-refractivity contribution is 7.98. The number of nitrogens with one attached hydrogen (secondary N) is 2. The van der Waals surface area contributed by atoms with Gasteiger partial charge in [-0.05, 0) is 24.9 Å². The van der Waals surface area contributed by atoms with Gasteiger partial charge < -0.3 is 4.98 Å². The van der Waals surface area contributed by atoms with E-state index in [1.54, 1.807) is 0 Å². The van der Waals surface area contributed by atoms with Crippen LogP contribution in [0.1, 0.15) is 25.7 Å². The van der Waals surface area contributed by atoms with E-state index in [0.717, 1.165) is 19.3 Å². The van der Waals surface area contributed by atoms with Crippen LogP contribution in [0.5, 0.6) is 0 Å². The van der Waals surface area contributed by atoms with E-state index in [1.807, 2.05) is 11.8 Å². The number of hydrogen-bond acceptors (Lipinski definition) is 4. The van der Waals surface area contributed by atoms with Crippen LogP contribution in [0.4, 0.5) is 0 Å². The molecule has 2 N–H and O–H groups in total. The summed E-state index contributed by atoms with van der Waals surface area (Å²) in [4.78, 5) is 6.27. The van der Waals surface area contributed by atoms with Crippen LogP contribution in [-0.4, -0.2) is 36.9 Å². The summed E-state index contributed by atoms with van der Waals surface area (Å²) in [6.45, 7) is 0.487. The van der Waals surface area contributed by atoms with Crippen molar-refractivity contribution in [1.29, 1.82) is 0 Å². The van der Waals surface area contributed by atoms with Gasteiger partial charge in [0.1, 0.15) is 0 Å². The molecular weight excluding hydrogens is 258 g/mol. The van der Waals surface area contributed by atoms with Crippen molar-refractivity contribution >= 4 is 21.8 Å². The number of sulfonamides is 1. The molecule has 0 spiro atoms. The fourth-order valence-electron chi connectivity index (χ4n) is 1.40. The molecule has 0 aliphatic rings. The number of aromatic amines is 1. The third-order valence-electron chi connectivity index (χ3n) is 2.33. The largest absolute Gasteiger partial charge is 0.335 e. The third-order valence-corrected chi connectivity index (χ3v) is 4.41. The first-order valence-corrected chi connectivity index (χ1v) is 8.51. The molecule has 1 heterocycles. The van der Waals surface area contributed by atoms with Crippen molar-refractivity contribution in [2.75, 3.05) is 18.6 Å². The number of rotatable bonds is 9. The van der Waals surface area contributed by atoms with Gasteiger partial charge in [-0.3, -0.25) is 0 Å². The second kappa shape index (κ2) is 7.73. The molecule has 0 radical (unpaired) electrons. The summed E-state index contributed by atoms with van der Waals surface area (Å²) < 4.78 is 25.8. The normalized spacial score (nSPS) is 11.8. The minimum absolute atomic E-state index is 0.125. The zero-order valence-corrected chi connectivity index (χ0v) is 11.6. The molecule has 1 aromatic rings. The Balaban J connectivity index is 2.14. The average Bonchev–Trinajstić information content (AvgIpc) is 2.82. The standard InChI is InChI=1S/C10H19N3O2S2/c1-16-7-5-3-2-4-6-13-17(14,15)10-8-11-9-12-10/h8-9,13H,2-7H2,1H3,(H,11,12). The van der Waals surface area contributed by atoms with Crippen molar-refractivity contribution in [3.8, 4) is 0 Å². The zero-order chi connectivity index (χ0) is 12.6. The van der Waals surface area contributed by atoms with E-state index >= 15 is 0 Å². The maximum Gasteiger partial charge on any atom is 0.257 e. The van der Waals surface area contributed by atoms with Gasteiger partial charge in [0, 0.05) is 6.54 Å². The van der Waals surface area contributed by atoms with Gasteiger partial charge in [0.05, 0.1) is 12.5 Å². The Kier molecular flexibility index (Phi) is 6.61. The number of thioether (sulfide) groups is 1. The van der Waals surface area contributed by atoms with Crippen LogP contribution in [0.3, 0.4) is 0 Å². The smallest absolute Gasteiger partial charge is 0.257 e. The Bertz CT molecular complexity index is 390. The van der Waals surface area contributed by atoms with Gasteiger partial charge in [-0.15, -0.1) is 0 Å². The third kappa shape index (κ3) is 5.56. The van der Waals surface area contributed by atoms with Crippen LogP contribution in [0.2, 0.25) is 0 Å². The lowest BCUT2D eigenvalue weighted by Gasteiger charge is -2.04. The number of hydrogen-bond donors (Lipinski definition) is 2. The molecule has 0 amide bonds. The minimum Gasteiger partial charge on any atom is -0.335 e. The molecule has 17 heavy (non-hydrogen) atoms. The molecule has 0 aliphatic carbocycles. The first kappa shape index (κ1) is 14.5. The Labute approximate surface area is 107 Å². The summed E-state index contributed by atoms with van der Waals surface area (Å²) in [5.74, 6) is 1.18. The summed E-state index contributed by atoms with van der Waals surface area (Å²) in [7, 11) is -3.39. The molecule has 7 heteroatoms. The quantitative estimate of drug-likeness (QED) is 0.673. The van der Waals surface area contributed by atoms with Crippen molar-refractivity contribution in [3.63, 3.8) is 0 Å². The van der Waals surface area contributed by atoms with E-state index in [2.05, 4.69) is 20.9 Å². The predicted octanol–water partition coefficient (Wildman–Crippen LogP) is 1.61. The van der Waals surface area contributed by atoms with Crippen molar-refractivity contribution in [1.82, 2.24) is 14.7 Å². The highest BCUT2D eigenvalue weighted by Crippen LogP contribution is 2.05. The Morgan fingerprint density at radius 1 is 1.35 bits per heavy atom. The lowest BCUT2D eigenvalue weighted by atomic mass is 10.2. The van der Waals surface area contributed by atoms with E-state index in [-0.39, 0.29) is 5.03 Å².